The molecule has 3 rings (SSSR count). The van der Waals surface area contributed by atoms with Gasteiger partial charge < -0.3 is 10.2 Å². The highest BCUT2D eigenvalue weighted by atomic mass is 16.3. The van der Waals surface area contributed by atoms with E-state index in [2.05, 4.69) is 9.98 Å². The van der Waals surface area contributed by atoms with Crippen LogP contribution in [0.1, 0.15) is 22.3 Å². The maximum atomic E-state index is 9.78. The third kappa shape index (κ3) is 4.57. The number of phenolic OH excluding ortho intramolecular Hbond substituents is 2. The topological polar surface area (TPSA) is 65.2 Å². The summed E-state index contributed by atoms with van der Waals surface area (Å²) in [5, 5.41) is 19.6. The van der Waals surface area contributed by atoms with Gasteiger partial charge in [0, 0.05) is 23.6 Å². The average molecular weight is 344 g/mol. The summed E-state index contributed by atoms with van der Waals surface area (Å²) in [5.41, 5.74) is 3.55. The summed E-state index contributed by atoms with van der Waals surface area (Å²) in [5.74, 6) is 0.439. The molecular weight excluding hydrogens is 324 g/mol. The Morgan fingerprint density at radius 2 is 0.962 bits per heavy atom. The second-order valence-electron chi connectivity index (χ2n) is 5.83. The highest BCUT2D eigenvalue weighted by Gasteiger charge is 2.01. The van der Waals surface area contributed by atoms with E-state index in [0.717, 1.165) is 11.1 Å². The number of hydrogen-bond acceptors (Lipinski definition) is 4. The standard InChI is InChI=1S/C22H20N2O2/c25-21-11-5-3-9-19(21)15-23-13-17-7-1-2-8-18(17)14-24-16-20-10-4-6-12-22(20)26/h1-12,15-16,25-26H,13-14H2. The fourth-order valence-corrected chi connectivity index (χ4v) is 2.54. The first-order valence-corrected chi connectivity index (χ1v) is 8.36. The van der Waals surface area contributed by atoms with Crippen molar-refractivity contribution in [3.8, 4) is 11.5 Å². The van der Waals surface area contributed by atoms with E-state index in [9.17, 15) is 10.2 Å². The maximum Gasteiger partial charge on any atom is 0.124 e. The summed E-state index contributed by atoms with van der Waals surface area (Å²) in [4.78, 5) is 8.87. The highest BCUT2D eigenvalue weighted by molar-refractivity contribution is 5.83. The molecule has 0 atom stereocenters. The van der Waals surface area contributed by atoms with Crippen molar-refractivity contribution in [1.29, 1.82) is 0 Å². The second-order valence-corrected chi connectivity index (χ2v) is 5.83. The third-order valence-electron chi connectivity index (χ3n) is 3.98. The van der Waals surface area contributed by atoms with Crippen LogP contribution in [0.5, 0.6) is 11.5 Å². The Bertz CT molecular complexity index is 856. The molecule has 3 aromatic carbocycles. The zero-order chi connectivity index (χ0) is 18.2. The number of aromatic hydroxyl groups is 2. The van der Waals surface area contributed by atoms with Crippen molar-refractivity contribution < 1.29 is 10.2 Å². The minimum atomic E-state index is 0.219. The van der Waals surface area contributed by atoms with Gasteiger partial charge in [0.1, 0.15) is 11.5 Å². The predicted octanol–water partition coefficient (Wildman–Crippen LogP) is 4.34. The Balaban J connectivity index is 1.68. The fourth-order valence-electron chi connectivity index (χ4n) is 2.54. The van der Waals surface area contributed by atoms with Crippen LogP contribution in [0.4, 0.5) is 0 Å². The highest BCUT2D eigenvalue weighted by Crippen LogP contribution is 2.16. The first-order chi connectivity index (χ1) is 12.7. The van der Waals surface area contributed by atoms with Gasteiger partial charge in [-0.3, -0.25) is 9.98 Å². The second kappa shape index (κ2) is 8.62. The number of rotatable bonds is 6. The molecule has 0 aliphatic heterocycles. The minimum absolute atomic E-state index is 0.219. The molecule has 0 unspecified atom stereocenters. The number of para-hydroxylation sites is 2. The van der Waals surface area contributed by atoms with Crippen LogP contribution in [-0.2, 0) is 13.1 Å². The van der Waals surface area contributed by atoms with E-state index in [1.165, 1.54) is 0 Å². The van der Waals surface area contributed by atoms with E-state index in [-0.39, 0.29) is 11.5 Å². The largest absolute Gasteiger partial charge is 0.507 e. The Labute approximate surface area is 152 Å². The predicted molar refractivity (Wildman–Crippen MR) is 105 cm³/mol. The van der Waals surface area contributed by atoms with E-state index < -0.39 is 0 Å². The van der Waals surface area contributed by atoms with Crippen LogP contribution < -0.4 is 0 Å². The Morgan fingerprint density at radius 3 is 1.38 bits per heavy atom. The van der Waals surface area contributed by atoms with Gasteiger partial charge in [0.2, 0.25) is 0 Å². The summed E-state index contributed by atoms with van der Waals surface area (Å²) >= 11 is 0. The molecular formula is C22H20N2O2. The first kappa shape index (κ1) is 17.4. The third-order valence-corrected chi connectivity index (χ3v) is 3.98. The molecule has 0 saturated carbocycles. The molecule has 2 N–H and O–H groups in total. The van der Waals surface area contributed by atoms with E-state index in [0.29, 0.717) is 24.2 Å². The van der Waals surface area contributed by atoms with Crippen LogP contribution in [0.25, 0.3) is 0 Å². The van der Waals surface area contributed by atoms with Gasteiger partial charge in [-0.25, -0.2) is 0 Å². The summed E-state index contributed by atoms with van der Waals surface area (Å²) in [6, 6.07) is 22.2. The summed E-state index contributed by atoms with van der Waals surface area (Å²) in [6.07, 6.45) is 3.36. The number of nitrogens with zero attached hydrogens (tertiary/aromatic N) is 2. The van der Waals surface area contributed by atoms with Gasteiger partial charge in [-0.15, -0.1) is 0 Å². The van der Waals surface area contributed by atoms with Crippen LogP contribution in [0.2, 0.25) is 0 Å². The van der Waals surface area contributed by atoms with Gasteiger partial charge in [0.25, 0.3) is 0 Å². The molecule has 0 aliphatic rings. The Morgan fingerprint density at radius 1 is 0.577 bits per heavy atom. The van der Waals surface area contributed by atoms with Gasteiger partial charge in [-0.2, -0.15) is 0 Å². The Hall–Kier alpha value is -3.40. The molecule has 0 spiro atoms. The molecule has 0 aliphatic carbocycles. The number of hydrogen-bond donors (Lipinski definition) is 2. The lowest BCUT2D eigenvalue weighted by Gasteiger charge is -2.05. The number of benzene rings is 3. The molecule has 3 aromatic rings. The molecule has 0 bridgehead atoms. The van der Waals surface area contributed by atoms with Gasteiger partial charge >= 0.3 is 0 Å². The SMILES string of the molecule is Oc1ccccc1C=NCc1ccccc1CN=Cc1ccccc1O. The minimum Gasteiger partial charge on any atom is -0.507 e. The molecule has 4 nitrogen and oxygen atoms in total. The van der Waals surface area contributed by atoms with Crippen molar-refractivity contribution in [2.24, 2.45) is 9.98 Å². The van der Waals surface area contributed by atoms with Crippen LogP contribution in [-0.4, -0.2) is 22.6 Å². The molecule has 0 aromatic heterocycles. The van der Waals surface area contributed by atoms with Crippen molar-refractivity contribution in [2.75, 3.05) is 0 Å². The van der Waals surface area contributed by atoms with Crippen molar-refractivity contribution in [3.63, 3.8) is 0 Å². The quantitative estimate of drug-likeness (QED) is 0.654. The van der Waals surface area contributed by atoms with Crippen molar-refractivity contribution >= 4 is 12.4 Å². The van der Waals surface area contributed by atoms with Gasteiger partial charge in [0.15, 0.2) is 0 Å². The van der Waals surface area contributed by atoms with Crippen LogP contribution in [0.15, 0.2) is 82.8 Å². The molecule has 4 heteroatoms. The van der Waals surface area contributed by atoms with E-state index in [1.54, 1.807) is 36.7 Å². The van der Waals surface area contributed by atoms with Gasteiger partial charge in [0.05, 0.1) is 13.1 Å². The smallest absolute Gasteiger partial charge is 0.124 e. The molecule has 130 valence electrons. The Kier molecular flexibility index (Phi) is 5.78. The van der Waals surface area contributed by atoms with E-state index in [1.807, 2.05) is 48.5 Å². The van der Waals surface area contributed by atoms with Crippen molar-refractivity contribution in [2.45, 2.75) is 13.1 Å². The molecule has 0 saturated heterocycles. The first-order valence-electron chi connectivity index (χ1n) is 8.36. The van der Waals surface area contributed by atoms with E-state index >= 15 is 0 Å². The summed E-state index contributed by atoms with van der Waals surface area (Å²) < 4.78 is 0. The van der Waals surface area contributed by atoms with Crippen molar-refractivity contribution in [1.82, 2.24) is 0 Å². The zero-order valence-corrected chi connectivity index (χ0v) is 14.3. The molecule has 0 heterocycles. The number of aliphatic imine (C=N–C) groups is 2. The molecule has 26 heavy (non-hydrogen) atoms. The monoisotopic (exact) mass is 344 g/mol. The van der Waals surface area contributed by atoms with Crippen molar-refractivity contribution in [3.05, 3.63) is 95.1 Å². The van der Waals surface area contributed by atoms with Gasteiger partial charge in [-0.1, -0.05) is 48.5 Å². The normalized spacial score (nSPS) is 11.4. The van der Waals surface area contributed by atoms with Crippen LogP contribution in [0.3, 0.4) is 0 Å². The lowest BCUT2D eigenvalue weighted by Crippen LogP contribution is -1.93. The summed E-state index contributed by atoms with van der Waals surface area (Å²) in [7, 11) is 0. The summed E-state index contributed by atoms with van der Waals surface area (Å²) in [6.45, 7) is 1.02. The lowest BCUT2D eigenvalue weighted by atomic mass is 10.1. The number of phenols is 2. The molecule has 0 amide bonds. The zero-order valence-electron chi connectivity index (χ0n) is 14.3. The molecule has 0 fully saturated rings. The molecule has 0 radical (unpaired) electrons. The lowest BCUT2D eigenvalue weighted by molar-refractivity contribution is 0.474. The van der Waals surface area contributed by atoms with E-state index in [4.69, 9.17) is 0 Å². The van der Waals surface area contributed by atoms with Gasteiger partial charge in [-0.05, 0) is 35.4 Å². The fraction of sp³-hybridized carbons (Fsp3) is 0.0909. The van der Waals surface area contributed by atoms with Crippen LogP contribution in [0, 0.1) is 0 Å². The maximum absolute atomic E-state index is 9.78. The average Bonchev–Trinajstić information content (AvgIpc) is 2.66. The van der Waals surface area contributed by atoms with Crippen LogP contribution >= 0.6 is 0 Å².